The van der Waals surface area contributed by atoms with Crippen LogP contribution in [0.3, 0.4) is 0 Å². The SMILES string of the molecule is COC(=O)C1=C2C(CC(SC(=S)OCC(C)(C)C)C1)[C@H]1CCC[C@@H]21. The van der Waals surface area contributed by atoms with Gasteiger partial charge < -0.3 is 9.47 Å². The maximum atomic E-state index is 12.3. The van der Waals surface area contributed by atoms with Gasteiger partial charge in [0.2, 0.25) is 4.38 Å². The van der Waals surface area contributed by atoms with E-state index in [1.165, 1.54) is 31.9 Å². The Hall–Kier alpha value is -0.550. The van der Waals surface area contributed by atoms with Gasteiger partial charge in [0.05, 0.1) is 13.7 Å². The van der Waals surface area contributed by atoms with Crippen LogP contribution in [0.4, 0.5) is 0 Å². The first-order valence-electron chi connectivity index (χ1n) is 8.95. The molecule has 0 aromatic heterocycles. The van der Waals surface area contributed by atoms with Gasteiger partial charge in [-0.2, -0.15) is 0 Å². The largest absolute Gasteiger partial charge is 0.478 e. The molecular formula is C19H28O3S2. The number of methoxy groups -OCH3 is 1. The van der Waals surface area contributed by atoms with Crippen LogP contribution in [-0.2, 0) is 14.3 Å². The fourth-order valence-corrected chi connectivity index (χ4v) is 5.98. The summed E-state index contributed by atoms with van der Waals surface area (Å²) in [7, 11) is 1.49. The van der Waals surface area contributed by atoms with E-state index >= 15 is 0 Å². The molecule has 134 valence electrons. The van der Waals surface area contributed by atoms with Gasteiger partial charge in [0.1, 0.15) is 0 Å². The molecule has 24 heavy (non-hydrogen) atoms. The third-order valence-electron chi connectivity index (χ3n) is 5.50. The van der Waals surface area contributed by atoms with E-state index in [1.807, 2.05) is 0 Å². The van der Waals surface area contributed by atoms with E-state index in [4.69, 9.17) is 21.7 Å². The van der Waals surface area contributed by atoms with Crippen molar-refractivity contribution in [2.24, 2.45) is 23.2 Å². The van der Waals surface area contributed by atoms with E-state index in [-0.39, 0.29) is 11.4 Å². The van der Waals surface area contributed by atoms with Gasteiger partial charge in [-0.15, -0.1) is 0 Å². The third-order valence-corrected chi connectivity index (χ3v) is 6.91. The number of thioether (sulfide) groups is 1. The third kappa shape index (κ3) is 3.67. The van der Waals surface area contributed by atoms with Crippen LogP contribution in [0.1, 0.15) is 52.9 Å². The van der Waals surface area contributed by atoms with Crippen LogP contribution in [-0.4, -0.2) is 29.3 Å². The molecule has 0 heterocycles. The smallest absolute Gasteiger partial charge is 0.333 e. The van der Waals surface area contributed by atoms with E-state index in [0.29, 0.717) is 28.1 Å². The number of esters is 1. The topological polar surface area (TPSA) is 35.5 Å². The number of fused-ring (bicyclic) bond motifs is 4. The number of allylic oxidation sites excluding steroid dienone is 1. The lowest BCUT2D eigenvalue weighted by atomic mass is 9.57. The Balaban J connectivity index is 1.67. The van der Waals surface area contributed by atoms with Crippen LogP contribution in [0.5, 0.6) is 0 Å². The highest BCUT2D eigenvalue weighted by Crippen LogP contribution is 2.61. The molecule has 0 radical (unpaired) electrons. The fraction of sp³-hybridized carbons (Fsp3) is 0.789. The van der Waals surface area contributed by atoms with E-state index < -0.39 is 0 Å². The number of ether oxygens (including phenoxy) is 2. The van der Waals surface area contributed by atoms with Gasteiger partial charge in [-0.3, -0.25) is 0 Å². The van der Waals surface area contributed by atoms with Gasteiger partial charge in [0.15, 0.2) is 0 Å². The second kappa shape index (κ2) is 6.99. The predicted octanol–water partition coefficient (Wildman–Crippen LogP) is 4.75. The van der Waals surface area contributed by atoms with Crippen LogP contribution in [0, 0.1) is 23.2 Å². The standard InChI is InChI=1S/C19H28O3S2/c1-19(2,3)10-22-18(23)24-11-8-14-12-6-5-7-13(12)16(14)15(9-11)17(20)21-4/h11-14H,5-10H2,1-4H3/t11?,12-,13+,14?/m0/s1. The Morgan fingerprint density at radius 1 is 1.29 bits per heavy atom. The highest BCUT2D eigenvalue weighted by atomic mass is 32.2. The first-order chi connectivity index (χ1) is 11.3. The van der Waals surface area contributed by atoms with Crippen molar-refractivity contribution in [3.63, 3.8) is 0 Å². The maximum Gasteiger partial charge on any atom is 0.333 e. The summed E-state index contributed by atoms with van der Waals surface area (Å²) in [5, 5.41) is 0.335. The molecule has 3 rings (SSSR count). The molecule has 5 heteroatoms. The minimum Gasteiger partial charge on any atom is -0.478 e. The number of thiocarbonyl (C=S) groups is 1. The average Bonchev–Trinajstić information content (AvgIpc) is 2.92. The van der Waals surface area contributed by atoms with Gasteiger partial charge in [-0.25, -0.2) is 4.79 Å². The summed E-state index contributed by atoms with van der Waals surface area (Å²) >= 11 is 7.06. The molecule has 3 nitrogen and oxygen atoms in total. The molecule has 3 aliphatic rings. The van der Waals surface area contributed by atoms with Crippen molar-refractivity contribution in [2.45, 2.75) is 58.1 Å². The molecule has 0 saturated heterocycles. The molecule has 0 N–H and O–H groups in total. The maximum absolute atomic E-state index is 12.3. The summed E-state index contributed by atoms with van der Waals surface area (Å²) in [6.45, 7) is 7.05. The van der Waals surface area contributed by atoms with Gasteiger partial charge in [0, 0.05) is 10.8 Å². The lowest BCUT2D eigenvalue weighted by Crippen LogP contribution is -2.43. The summed E-state index contributed by atoms with van der Waals surface area (Å²) in [6.07, 6.45) is 5.76. The van der Waals surface area contributed by atoms with Crippen LogP contribution in [0.25, 0.3) is 0 Å². The molecule has 4 atom stereocenters. The van der Waals surface area contributed by atoms with Crippen molar-refractivity contribution in [3.05, 3.63) is 11.1 Å². The molecule has 2 fully saturated rings. The van der Waals surface area contributed by atoms with Crippen LogP contribution < -0.4 is 0 Å². The minimum absolute atomic E-state index is 0.104. The second-order valence-corrected chi connectivity index (χ2v) is 10.4. The fourth-order valence-electron chi connectivity index (χ4n) is 4.56. The van der Waals surface area contributed by atoms with E-state index in [0.717, 1.165) is 24.3 Å². The molecule has 0 aromatic carbocycles. The molecule has 3 aliphatic carbocycles. The molecule has 2 unspecified atom stereocenters. The summed E-state index contributed by atoms with van der Waals surface area (Å²) in [5.41, 5.74) is 2.46. The van der Waals surface area contributed by atoms with Crippen LogP contribution in [0.15, 0.2) is 11.1 Å². The monoisotopic (exact) mass is 368 g/mol. The Kier molecular flexibility index (Phi) is 5.31. The van der Waals surface area contributed by atoms with E-state index in [1.54, 1.807) is 11.8 Å². The zero-order chi connectivity index (χ0) is 17.5. The Bertz CT molecular complexity index is 561. The van der Waals surface area contributed by atoms with Gasteiger partial charge in [-0.1, -0.05) is 44.5 Å². The zero-order valence-electron chi connectivity index (χ0n) is 15.1. The predicted molar refractivity (Wildman–Crippen MR) is 102 cm³/mol. The van der Waals surface area contributed by atoms with Crippen molar-refractivity contribution >= 4 is 34.3 Å². The number of hydrogen-bond acceptors (Lipinski definition) is 5. The molecule has 2 saturated carbocycles. The molecule has 0 aliphatic heterocycles. The highest BCUT2D eigenvalue weighted by molar-refractivity contribution is 8.23. The van der Waals surface area contributed by atoms with E-state index in [9.17, 15) is 4.79 Å². The summed E-state index contributed by atoms with van der Waals surface area (Å²) in [6, 6.07) is 0. The minimum atomic E-state index is -0.132. The highest BCUT2D eigenvalue weighted by Gasteiger charge is 2.53. The number of carbonyl (C=O) groups is 1. The van der Waals surface area contributed by atoms with Gasteiger partial charge in [-0.05, 0) is 61.1 Å². The lowest BCUT2D eigenvalue weighted by Gasteiger charge is -2.49. The molecule has 0 amide bonds. The normalized spacial score (nSPS) is 31.8. The van der Waals surface area contributed by atoms with Crippen molar-refractivity contribution in [3.8, 4) is 0 Å². The summed E-state index contributed by atoms with van der Waals surface area (Å²) in [5.74, 6) is 1.88. The Labute approximate surface area is 154 Å². The molecule has 0 spiro atoms. The lowest BCUT2D eigenvalue weighted by molar-refractivity contribution is -0.136. The number of hydrogen-bond donors (Lipinski definition) is 0. The van der Waals surface area contributed by atoms with Gasteiger partial charge in [0.25, 0.3) is 0 Å². The second-order valence-electron chi connectivity index (χ2n) is 8.51. The number of rotatable bonds is 3. The average molecular weight is 369 g/mol. The Morgan fingerprint density at radius 3 is 2.71 bits per heavy atom. The van der Waals surface area contributed by atoms with Crippen molar-refractivity contribution in [2.75, 3.05) is 13.7 Å². The van der Waals surface area contributed by atoms with Crippen LogP contribution in [0.2, 0.25) is 0 Å². The van der Waals surface area contributed by atoms with Crippen molar-refractivity contribution < 1.29 is 14.3 Å². The summed E-state index contributed by atoms with van der Waals surface area (Å²) < 4.78 is 11.4. The first kappa shape index (κ1) is 18.2. The number of carbonyl (C=O) groups excluding carboxylic acids is 1. The molecule has 0 bridgehead atoms. The van der Waals surface area contributed by atoms with Gasteiger partial charge >= 0.3 is 5.97 Å². The quantitative estimate of drug-likeness (QED) is 0.531. The molecule has 0 aromatic rings. The van der Waals surface area contributed by atoms with E-state index in [2.05, 4.69) is 20.8 Å². The van der Waals surface area contributed by atoms with Crippen LogP contribution >= 0.6 is 24.0 Å². The first-order valence-corrected chi connectivity index (χ1v) is 10.2. The van der Waals surface area contributed by atoms with Crippen molar-refractivity contribution in [1.29, 1.82) is 0 Å². The summed E-state index contributed by atoms with van der Waals surface area (Å²) in [4.78, 5) is 12.3. The molecular weight excluding hydrogens is 340 g/mol. The Morgan fingerprint density at radius 2 is 2.04 bits per heavy atom. The van der Waals surface area contributed by atoms with Crippen molar-refractivity contribution in [1.82, 2.24) is 0 Å². The zero-order valence-corrected chi connectivity index (χ0v) is 16.7.